The van der Waals surface area contributed by atoms with Gasteiger partial charge in [0.1, 0.15) is 17.3 Å². The second-order valence-corrected chi connectivity index (χ2v) is 10.3. The fourth-order valence-corrected chi connectivity index (χ4v) is 5.75. The van der Waals surface area contributed by atoms with Gasteiger partial charge in [-0.05, 0) is 102 Å². The monoisotopic (exact) mass is 542 g/mol. The summed E-state index contributed by atoms with van der Waals surface area (Å²) in [6.07, 6.45) is 3.63. The maximum atomic E-state index is 7.74. The van der Waals surface area contributed by atoms with Gasteiger partial charge in [-0.1, -0.05) is 42.5 Å². The third-order valence-electron chi connectivity index (χ3n) is 7.61. The van der Waals surface area contributed by atoms with E-state index in [2.05, 4.69) is 81.8 Å². The first-order valence-corrected chi connectivity index (χ1v) is 13.8. The summed E-state index contributed by atoms with van der Waals surface area (Å²) in [4.78, 5) is 13.0. The normalized spacial score (nSPS) is 11.1. The smallest absolute Gasteiger partial charge is 0.191 e. The molecule has 5 nitrogen and oxygen atoms in total. The van der Waals surface area contributed by atoms with E-state index in [1.807, 2.05) is 60.8 Å². The Morgan fingerprint density at radius 1 is 0.643 bits per heavy atom. The number of hydrogen-bond donors (Lipinski definition) is 0. The number of nitrogens with zero attached hydrogens (tertiary/aromatic N) is 4. The fraction of sp³-hybridized carbons (Fsp3) is 0.0541. The SMILES string of the molecule is [C-]#[N+]c1cc(Oc2ccc3c4ccccc4n(-c4ccccn4)c3c2)cc(-c2cc(-c3c(C)cccc3C)ccn2)c1. The number of fused-ring (bicyclic) bond motifs is 3. The molecule has 5 heteroatoms. The van der Waals surface area contributed by atoms with E-state index in [0.29, 0.717) is 17.2 Å². The summed E-state index contributed by atoms with van der Waals surface area (Å²) < 4.78 is 8.58. The van der Waals surface area contributed by atoms with Crippen LogP contribution in [-0.4, -0.2) is 14.5 Å². The predicted octanol–water partition coefficient (Wildman–Crippen LogP) is 9.87. The van der Waals surface area contributed by atoms with Crippen molar-refractivity contribution >= 4 is 27.5 Å². The van der Waals surface area contributed by atoms with Crippen LogP contribution < -0.4 is 4.74 Å². The largest absolute Gasteiger partial charge is 0.459 e. The van der Waals surface area contributed by atoms with Crippen LogP contribution in [0.2, 0.25) is 0 Å². The Bertz CT molecular complexity index is 2140. The lowest BCUT2D eigenvalue weighted by molar-refractivity contribution is 0.484. The quantitative estimate of drug-likeness (QED) is 0.203. The van der Waals surface area contributed by atoms with Gasteiger partial charge < -0.3 is 4.74 Å². The van der Waals surface area contributed by atoms with Crippen LogP contribution in [0.5, 0.6) is 11.5 Å². The minimum atomic E-state index is 0.491. The van der Waals surface area contributed by atoms with Crippen molar-refractivity contribution in [3.8, 4) is 39.7 Å². The molecular formula is C37H26N4O. The second-order valence-electron chi connectivity index (χ2n) is 10.3. The van der Waals surface area contributed by atoms with E-state index in [4.69, 9.17) is 11.3 Å². The lowest BCUT2D eigenvalue weighted by atomic mass is 9.95. The Balaban J connectivity index is 1.31. The van der Waals surface area contributed by atoms with Crippen LogP contribution in [0.3, 0.4) is 0 Å². The van der Waals surface area contributed by atoms with E-state index in [1.165, 1.54) is 16.7 Å². The summed E-state index contributed by atoms with van der Waals surface area (Å²) in [7, 11) is 0. The molecule has 0 aliphatic heterocycles. The van der Waals surface area contributed by atoms with Crippen molar-refractivity contribution in [1.29, 1.82) is 0 Å². The zero-order valence-electron chi connectivity index (χ0n) is 23.2. The van der Waals surface area contributed by atoms with Crippen LogP contribution in [0.1, 0.15) is 11.1 Å². The number of ether oxygens (including phenoxy) is 1. The van der Waals surface area contributed by atoms with Gasteiger partial charge in [0, 0.05) is 29.2 Å². The van der Waals surface area contributed by atoms with E-state index in [-0.39, 0.29) is 0 Å². The standard InChI is InChI=1S/C37H26N4O/c1-24-9-8-10-25(2)37(24)26-16-18-39-33(21-26)27-19-28(38-3)22-30(20-27)42-29-14-15-32-31-11-4-5-12-34(31)41(35(32)23-29)36-13-6-7-17-40-36/h4-23H,1-2H3. The number of hydrogen-bond acceptors (Lipinski definition) is 3. The highest BCUT2D eigenvalue weighted by Crippen LogP contribution is 2.37. The maximum absolute atomic E-state index is 7.74. The minimum absolute atomic E-state index is 0.491. The molecule has 4 aromatic carbocycles. The zero-order chi connectivity index (χ0) is 28.6. The molecule has 3 aromatic heterocycles. The van der Waals surface area contributed by atoms with Crippen LogP contribution in [0.15, 0.2) is 122 Å². The van der Waals surface area contributed by atoms with Gasteiger partial charge in [-0.25, -0.2) is 9.83 Å². The number of benzene rings is 4. The number of para-hydroxylation sites is 1. The van der Waals surface area contributed by atoms with Crippen LogP contribution in [-0.2, 0) is 0 Å². The molecule has 200 valence electrons. The minimum Gasteiger partial charge on any atom is -0.459 e. The van der Waals surface area contributed by atoms with Crippen molar-refractivity contribution in [2.75, 3.05) is 0 Å². The Labute approximate surface area is 244 Å². The highest BCUT2D eigenvalue weighted by molar-refractivity contribution is 6.09. The first-order chi connectivity index (χ1) is 20.6. The molecule has 0 unspecified atom stereocenters. The van der Waals surface area contributed by atoms with Gasteiger partial charge in [-0.2, -0.15) is 0 Å². The average Bonchev–Trinajstić information content (AvgIpc) is 3.35. The molecule has 0 saturated heterocycles. The summed E-state index contributed by atoms with van der Waals surface area (Å²) in [6.45, 7) is 12.0. The second kappa shape index (κ2) is 10.3. The Morgan fingerprint density at radius 3 is 2.26 bits per heavy atom. The molecular weight excluding hydrogens is 516 g/mol. The van der Waals surface area contributed by atoms with Crippen molar-refractivity contribution in [1.82, 2.24) is 14.5 Å². The van der Waals surface area contributed by atoms with Gasteiger partial charge in [0.2, 0.25) is 0 Å². The van der Waals surface area contributed by atoms with Crippen molar-refractivity contribution in [2.24, 2.45) is 0 Å². The van der Waals surface area contributed by atoms with Gasteiger partial charge in [0.05, 0.1) is 23.3 Å². The summed E-state index contributed by atoms with van der Waals surface area (Å²) in [6, 6.07) is 36.3. The van der Waals surface area contributed by atoms with Gasteiger partial charge in [0.15, 0.2) is 5.69 Å². The van der Waals surface area contributed by atoms with Crippen LogP contribution >= 0.6 is 0 Å². The van der Waals surface area contributed by atoms with Gasteiger partial charge in [0.25, 0.3) is 0 Å². The summed E-state index contributed by atoms with van der Waals surface area (Å²) in [5.41, 5.74) is 8.91. The molecule has 0 aliphatic carbocycles. The Hall–Kier alpha value is -5.73. The predicted molar refractivity (Wildman–Crippen MR) is 169 cm³/mol. The van der Waals surface area contributed by atoms with Crippen molar-refractivity contribution in [2.45, 2.75) is 13.8 Å². The van der Waals surface area contributed by atoms with Gasteiger partial charge >= 0.3 is 0 Å². The lowest BCUT2D eigenvalue weighted by Crippen LogP contribution is -1.96. The molecule has 42 heavy (non-hydrogen) atoms. The molecule has 7 aromatic rings. The van der Waals surface area contributed by atoms with Gasteiger partial charge in [-0.3, -0.25) is 9.55 Å². The molecule has 7 rings (SSSR count). The van der Waals surface area contributed by atoms with Crippen LogP contribution in [0, 0.1) is 20.4 Å². The highest BCUT2D eigenvalue weighted by Gasteiger charge is 2.15. The Morgan fingerprint density at radius 2 is 1.45 bits per heavy atom. The summed E-state index contributed by atoms with van der Waals surface area (Å²) in [5, 5.41) is 2.27. The first-order valence-electron chi connectivity index (χ1n) is 13.8. The summed E-state index contributed by atoms with van der Waals surface area (Å²) in [5.74, 6) is 2.10. The number of pyridine rings is 2. The molecule has 0 radical (unpaired) electrons. The fourth-order valence-electron chi connectivity index (χ4n) is 5.75. The van der Waals surface area contributed by atoms with E-state index in [1.54, 1.807) is 12.3 Å². The average molecular weight is 543 g/mol. The molecule has 0 fully saturated rings. The van der Waals surface area contributed by atoms with E-state index in [0.717, 1.165) is 44.4 Å². The Kier molecular flexibility index (Phi) is 6.22. The van der Waals surface area contributed by atoms with E-state index < -0.39 is 0 Å². The third-order valence-corrected chi connectivity index (χ3v) is 7.61. The van der Waals surface area contributed by atoms with Crippen LogP contribution in [0.4, 0.5) is 5.69 Å². The molecule has 0 saturated carbocycles. The number of aryl methyl sites for hydroxylation is 2. The number of rotatable bonds is 5. The molecule has 0 aliphatic rings. The number of aromatic nitrogens is 3. The first kappa shape index (κ1) is 25.3. The van der Waals surface area contributed by atoms with E-state index in [9.17, 15) is 0 Å². The third kappa shape index (κ3) is 4.46. The highest BCUT2D eigenvalue weighted by atomic mass is 16.5. The molecule has 0 bridgehead atoms. The lowest BCUT2D eigenvalue weighted by Gasteiger charge is -2.13. The molecule has 0 atom stereocenters. The summed E-state index contributed by atoms with van der Waals surface area (Å²) >= 11 is 0. The molecule has 0 spiro atoms. The molecule has 3 heterocycles. The topological polar surface area (TPSA) is 44.3 Å². The van der Waals surface area contributed by atoms with Crippen molar-refractivity contribution in [3.05, 3.63) is 144 Å². The molecule has 0 amide bonds. The van der Waals surface area contributed by atoms with Crippen molar-refractivity contribution < 1.29 is 4.74 Å². The van der Waals surface area contributed by atoms with Gasteiger partial charge in [-0.15, -0.1) is 0 Å². The maximum Gasteiger partial charge on any atom is 0.191 e. The molecule has 0 N–H and O–H groups in total. The van der Waals surface area contributed by atoms with Crippen LogP contribution in [0.25, 0.3) is 54.9 Å². The van der Waals surface area contributed by atoms with Crippen molar-refractivity contribution in [3.63, 3.8) is 0 Å². The van der Waals surface area contributed by atoms with E-state index >= 15 is 0 Å². The zero-order valence-corrected chi connectivity index (χ0v) is 23.2.